The topological polar surface area (TPSA) is 50.4 Å². The SMILES string of the molecule is c1ccc(-c2ccc3c(c2)c2cc(-c4cc(-c5ccc6c(c5)c5cc(-c7ccccc7)ccc5n6-c5ccccc5)cc(-n5c6ccccc6c6c5ccc5c7ccccc7n(-c7cc(-c8ccccc8)nc(-c8ccc9c(c8)c8ccccc8n9-c8ccccc8)n7)c56)c4)ccc2n3-c2ccccc2)cc1. The van der Waals surface area contributed by atoms with Gasteiger partial charge in [0.25, 0.3) is 0 Å². The lowest BCUT2D eigenvalue weighted by molar-refractivity contribution is 1.05. The lowest BCUT2D eigenvalue weighted by Crippen LogP contribution is -2.03. The van der Waals surface area contributed by atoms with E-state index in [-0.39, 0.29) is 0 Å². The van der Waals surface area contributed by atoms with Gasteiger partial charge in [0.15, 0.2) is 5.82 Å². The Morgan fingerprint density at radius 2 is 0.495 bits per heavy atom. The summed E-state index contributed by atoms with van der Waals surface area (Å²) >= 11 is 0. The molecule has 0 aliphatic carbocycles. The van der Waals surface area contributed by atoms with Crippen molar-refractivity contribution in [3.8, 4) is 95.7 Å². The van der Waals surface area contributed by atoms with Crippen LogP contribution in [0.15, 0.2) is 382 Å². The average Bonchev–Trinajstić information content (AvgIpc) is 1.55. The number of aromatic nitrogens is 7. The number of hydrogen-bond donors (Lipinski definition) is 0. The molecule has 0 fully saturated rings. The van der Waals surface area contributed by atoms with Crippen LogP contribution in [-0.4, -0.2) is 32.8 Å². The van der Waals surface area contributed by atoms with Crippen LogP contribution < -0.4 is 0 Å². The molecular weight excluding hydrogens is 1300 g/mol. The molecule has 107 heavy (non-hydrogen) atoms. The minimum atomic E-state index is 0.642. The van der Waals surface area contributed by atoms with Crippen LogP contribution in [0.5, 0.6) is 0 Å². The van der Waals surface area contributed by atoms with Gasteiger partial charge in [-0.15, -0.1) is 0 Å². The van der Waals surface area contributed by atoms with Crippen molar-refractivity contribution in [2.75, 3.05) is 0 Å². The molecule has 22 aromatic rings. The molecule has 0 spiro atoms. The summed E-state index contributed by atoms with van der Waals surface area (Å²) in [4.78, 5) is 11.3. The molecule has 0 aliphatic heterocycles. The van der Waals surface area contributed by atoms with E-state index in [0.29, 0.717) is 5.82 Å². The Bertz CT molecular complexity index is 7110. The van der Waals surface area contributed by atoms with E-state index in [4.69, 9.17) is 9.97 Å². The van der Waals surface area contributed by atoms with Gasteiger partial charge in [-0.05, 0) is 190 Å². The first kappa shape index (κ1) is 60.2. The molecular formula is C100H63N7. The summed E-state index contributed by atoms with van der Waals surface area (Å²) in [6.07, 6.45) is 0. The monoisotopic (exact) mass is 1360 g/mol. The molecule has 0 bridgehead atoms. The van der Waals surface area contributed by atoms with Crippen LogP contribution in [0.1, 0.15) is 0 Å². The lowest BCUT2D eigenvalue weighted by atomic mass is 9.95. The van der Waals surface area contributed by atoms with E-state index in [9.17, 15) is 0 Å². The molecule has 22 rings (SSSR count). The maximum absolute atomic E-state index is 5.76. The van der Waals surface area contributed by atoms with Gasteiger partial charge < -0.3 is 18.3 Å². The van der Waals surface area contributed by atoms with Crippen molar-refractivity contribution in [1.29, 1.82) is 0 Å². The largest absolute Gasteiger partial charge is 0.309 e. The second kappa shape index (κ2) is 24.1. The van der Waals surface area contributed by atoms with Gasteiger partial charge >= 0.3 is 0 Å². The summed E-state index contributed by atoms with van der Waals surface area (Å²) in [5.74, 6) is 1.42. The van der Waals surface area contributed by atoms with Crippen molar-refractivity contribution < 1.29 is 0 Å². The van der Waals surface area contributed by atoms with Gasteiger partial charge in [-0.3, -0.25) is 4.57 Å². The third-order valence-corrected chi connectivity index (χ3v) is 22.0. The number of rotatable bonds is 11. The van der Waals surface area contributed by atoms with Crippen LogP contribution in [0.2, 0.25) is 0 Å². The number of hydrogen-bond acceptors (Lipinski definition) is 2. The zero-order valence-corrected chi connectivity index (χ0v) is 58.0. The summed E-state index contributed by atoms with van der Waals surface area (Å²) in [7, 11) is 0. The van der Waals surface area contributed by atoms with E-state index in [2.05, 4.69) is 405 Å². The van der Waals surface area contributed by atoms with E-state index in [1.165, 1.54) is 49.2 Å². The normalized spacial score (nSPS) is 11.9. The number of para-hydroxylation sites is 6. The highest BCUT2D eigenvalue weighted by Crippen LogP contribution is 2.47. The summed E-state index contributed by atoms with van der Waals surface area (Å²) in [6, 6.07) is 140. The fraction of sp³-hybridized carbons (Fsp3) is 0. The molecule has 498 valence electrons. The molecule has 0 saturated heterocycles. The molecule has 0 N–H and O–H groups in total. The Kier molecular flexibility index (Phi) is 13.6. The van der Waals surface area contributed by atoms with Crippen LogP contribution in [0, 0.1) is 0 Å². The lowest BCUT2D eigenvalue weighted by Gasteiger charge is -2.15. The van der Waals surface area contributed by atoms with E-state index in [1.54, 1.807) is 0 Å². The maximum atomic E-state index is 5.76. The standard InChI is InChI=1S/C100H63N7/c1-7-25-64(26-8-1)67-43-49-92-83(58-67)85-60-69(45-51-94(85)104(92)75-33-15-5-16-34-75)72-55-73(70-46-52-95-86(61-70)84-59-68(65-27-9-2-10-28-65)44-50-93(84)105(95)76-35-17-6-18-36-76)57-77(56-72)106-90-42-24-21-39-81(90)98-96(106)54-48-80-78-37-19-23-41-89(78)107(99(80)98)97-63-87(66-29-11-3-12-30-66)101-100(102-97)71-47-53-91-82(62-71)79-38-20-22-40-88(79)103(91)74-31-13-4-14-32-74/h1-63H. The zero-order valence-electron chi connectivity index (χ0n) is 58.0. The molecule has 0 amide bonds. The predicted octanol–water partition coefficient (Wildman–Crippen LogP) is 26.0. The molecule has 0 radical (unpaired) electrons. The summed E-state index contributed by atoms with van der Waals surface area (Å²) in [6.45, 7) is 0. The summed E-state index contributed by atoms with van der Waals surface area (Å²) in [5.41, 5.74) is 27.5. The molecule has 6 aromatic heterocycles. The Balaban J connectivity index is 0.794. The first-order chi connectivity index (χ1) is 53.1. The first-order valence-corrected chi connectivity index (χ1v) is 36.6. The molecule has 6 heterocycles. The third kappa shape index (κ3) is 9.61. The first-order valence-electron chi connectivity index (χ1n) is 36.6. The molecule has 0 unspecified atom stereocenters. The second-order valence-electron chi connectivity index (χ2n) is 28.1. The predicted molar refractivity (Wildman–Crippen MR) is 446 cm³/mol. The number of fused-ring (bicyclic) bond motifs is 16. The highest BCUT2D eigenvalue weighted by Gasteiger charge is 2.26. The van der Waals surface area contributed by atoms with Crippen molar-refractivity contribution in [3.63, 3.8) is 0 Å². The molecule has 0 saturated carbocycles. The summed E-state index contributed by atoms with van der Waals surface area (Å²) < 4.78 is 12.1. The Morgan fingerprint density at radius 3 is 0.963 bits per heavy atom. The van der Waals surface area contributed by atoms with Gasteiger partial charge in [0, 0.05) is 93.8 Å². The highest BCUT2D eigenvalue weighted by molar-refractivity contribution is 6.26. The Labute approximate surface area is 615 Å². The fourth-order valence-corrected chi connectivity index (χ4v) is 17.2. The molecule has 7 nitrogen and oxygen atoms in total. The molecule has 7 heteroatoms. The van der Waals surface area contributed by atoms with Gasteiger partial charge in [-0.1, -0.05) is 231 Å². The van der Waals surface area contributed by atoms with Gasteiger partial charge in [-0.25, -0.2) is 9.97 Å². The smallest absolute Gasteiger partial charge is 0.162 e. The number of benzene rings is 16. The second-order valence-corrected chi connectivity index (χ2v) is 28.1. The van der Waals surface area contributed by atoms with E-state index >= 15 is 0 Å². The van der Waals surface area contributed by atoms with Crippen molar-refractivity contribution >= 4 is 109 Å². The van der Waals surface area contributed by atoms with Crippen LogP contribution in [-0.2, 0) is 0 Å². The Morgan fingerprint density at radius 1 is 0.168 bits per heavy atom. The number of nitrogens with zero attached hydrogens (tertiary/aromatic N) is 7. The van der Waals surface area contributed by atoms with Crippen LogP contribution >= 0.6 is 0 Å². The van der Waals surface area contributed by atoms with Gasteiger partial charge in [0.2, 0.25) is 0 Å². The van der Waals surface area contributed by atoms with Crippen molar-refractivity contribution in [2.45, 2.75) is 0 Å². The van der Waals surface area contributed by atoms with E-state index in [1.807, 2.05) is 0 Å². The Hall–Kier alpha value is -14.4. The fourth-order valence-electron chi connectivity index (χ4n) is 17.2. The van der Waals surface area contributed by atoms with Crippen molar-refractivity contribution in [1.82, 2.24) is 32.8 Å². The van der Waals surface area contributed by atoms with Gasteiger partial charge in [0.1, 0.15) is 5.82 Å². The van der Waals surface area contributed by atoms with E-state index < -0.39 is 0 Å². The highest BCUT2D eigenvalue weighted by atomic mass is 15.1. The van der Waals surface area contributed by atoms with Crippen molar-refractivity contribution in [3.05, 3.63) is 382 Å². The zero-order chi connectivity index (χ0) is 70.2. The summed E-state index contributed by atoms with van der Waals surface area (Å²) in [5, 5.41) is 11.6. The molecule has 0 atom stereocenters. The average molecular weight is 1360 g/mol. The maximum Gasteiger partial charge on any atom is 0.162 e. The van der Waals surface area contributed by atoms with Crippen LogP contribution in [0.4, 0.5) is 0 Å². The minimum Gasteiger partial charge on any atom is -0.309 e. The molecule has 0 aliphatic rings. The van der Waals surface area contributed by atoms with Crippen LogP contribution in [0.3, 0.4) is 0 Å². The quantitative estimate of drug-likeness (QED) is 0.130. The van der Waals surface area contributed by atoms with E-state index in [0.717, 1.165) is 150 Å². The minimum absolute atomic E-state index is 0.642. The van der Waals surface area contributed by atoms with Gasteiger partial charge in [0.05, 0.1) is 60.9 Å². The van der Waals surface area contributed by atoms with Crippen molar-refractivity contribution in [2.24, 2.45) is 0 Å². The van der Waals surface area contributed by atoms with Gasteiger partial charge in [-0.2, -0.15) is 0 Å². The molecule has 16 aromatic carbocycles. The third-order valence-electron chi connectivity index (χ3n) is 22.0. The van der Waals surface area contributed by atoms with Crippen LogP contribution in [0.25, 0.3) is 205 Å².